The van der Waals surface area contributed by atoms with Gasteiger partial charge in [0, 0.05) is 23.7 Å². The Kier molecular flexibility index (Phi) is 6.19. The molecule has 94 valence electrons. The van der Waals surface area contributed by atoms with Crippen LogP contribution in [0.1, 0.15) is 17.3 Å². The van der Waals surface area contributed by atoms with E-state index in [1.807, 2.05) is 18.9 Å². The quantitative estimate of drug-likeness (QED) is 0.554. The van der Waals surface area contributed by atoms with E-state index in [0.29, 0.717) is 30.3 Å². The lowest BCUT2D eigenvalue weighted by Gasteiger charge is -2.15. The molecule has 0 atom stereocenters. The predicted octanol–water partition coefficient (Wildman–Crippen LogP) is 2.49. The van der Waals surface area contributed by atoms with Crippen molar-refractivity contribution in [1.82, 2.24) is 4.90 Å². The Labute approximate surface area is 107 Å². The van der Waals surface area contributed by atoms with E-state index in [4.69, 9.17) is 16.3 Å². The van der Waals surface area contributed by atoms with Gasteiger partial charge in [-0.2, -0.15) is 0 Å². The molecule has 1 aromatic rings. The second-order valence-electron chi connectivity index (χ2n) is 3.87. The highest BCUT2D eigenvalue weighted by atomic mass is 35.5. The summed E-state index contributed by atoms with van der Waals surface area (Å²) in [5.41, 5.74) is 0.653. The molecule has 0 aliphatic rings. The maximum absolute atomic E-state index is 11.9. The van der Waals surface area contributed by atoms with Gasteiger partial charge in [0.15, 0.2) is 5.78 Å². The van der Waals surface area contributed by atoms with Crippen LogP contribution in [0.25, 0.3) is 0 Å². The number of benzene rings is 1. The van der Waals surface area contributed by atoms with E-state index in [9.17, 15) is 4.79 Å². The average molecular weight is 256 g/mol. The molecular weight excluding hydrogens is 238 g/mol. The SMILES string of the molecule is CCOCCN(C)CC(=O)c1cccc(Cl)c1. The zero-order chi connectivity index (χ0) is 12.7. The Morgan fingerprint density at radius 3 is 2.88 bits per heavy atom. The maximum Gasteiger partial charge on any atom is 0.176 e. The van der Waals surface area contributed by atoms with Crippen LogP contribution in [0.15, 0.2) is 24.3 Å². The largest absolute Gasteiger partial charge is 0.380 e. The number of hydrogen-bond acceptors (Lipinski definition) is 3. The first-order valence-corrected chi connectivity index (χ1v) is 6.06. The molecule has 1 aromatic carbocycles. The van der Waals surface area contributed by atoms with Crippen LogP contribution in [0, 0.1) is 0 Å². The predicted molar refractivity (Wildman–Crippen MR) is 69.8 cm³/mol. The Morgan fingerprint density at radius 2 is 2.24 bits per heavy atom. The fourth-order valence-electron chi connectivity index (χ4n) is 1.44. The van der Waals surface area contributed by atoms with Crippen LogP contribution < -0.4 is 0 Å². The molecule has 3 nitrogen and oxygen atoms in total. The van der Waals surface area contributed by atoms with E-state index in [1.165, 1.54) is 0 Å². The topological polar surface area (TPSA) is 29.5 Å². The van der Waals surface area contributed by atoms with Gasteiger partial charge in [0.2, 0.25) is 0 Å². The van der Waals surface area contributed by atoms with Crippen molar-refractivity contribution in [3.05, 3.63) is 34.9 Å². The lowest BCUT2D eigenvalue weighted by molar-refractivity contribution is 0.0897. The van der Waals surface area contributed by atoms with Crippen molar-refractivity contribution >= 4 is 17.4 Å². The first-order valence-electron chi connectivity index (χ1n) is 5.68. The molecule has 0 amide bonds. The summed E-state index contributed by atoms with van der Waals surface area (Å²) in [6.45, 7) is 4.44. The van der Waals surface area contributed by atoms with Crippen molar-refractivity contribution < 1.29 is 9.53 Å². The van der Waals surface area contributed by atoms with Gasteiger partial charge in [0.25, 0.3) is 0 Å². The Morgan fingerprint density at radius 1 is 1.47 bits per heavy atom. The minimum atomic E-state index is 0.0755. The summed E-state index contributed by atoms with van der Waals surface area (Å²) in [5, 5.41) is 0.591. The highest BCUT2D eigenvalue weighted by Crippen LogP contribution is 2.11. The normalized spacial score (nSPS) is 10.8. The van der Waals surface area contributed by atoms with Crippen LogP contribution in [0.5, 0.6) is 0 Å². The van der Waals surface area contributed by atoms with E-state index in [0.717, 1.165) is 6.54 Å². The highest BCUT2D eigenvalue weighted by Gasteiger charge is 2.09. The zero-order valence-electron chi connectivity index (χ0n) is 10.3. The third kappa shape index (κ3) is 5.31. The molecule has 0 heterocycles. The molecular formula is C13H18ClNO2. The summed E-state index contributed by atoms with van der Waals surface area (Å²) in [4.78, 5) is 13.8. The van der Waals surface area contributed by atoms with Gasteiger partial charge in [-0.05, 0) is 26.1 Å². The van der Waals surface area contributed by atoms with Gasteiger partial charge in [-0.3, -0.25) is 9.69 Å². The molecule has 0 unspecified atom stereocenters. The summed E-state index contributed by atoms with van der Waals surface area (Å²) in [7, 11) is 1.90. The fourth-order valence-corrected chi connectivity index (χ4v) is 1.63. The summed E-state index contributed by atoms with van der Waals surface area (Å²) in [6, 6.07) is 7.03. The summed E-state index contributed by atoms with van der Waals surface area (Å²) >= 11 is 5.84. The Bertz CT molecular complexity index is 368. The summed E-state index contributed by atoms with van der Waals surface area (Å²) in [5.74, 6) is 0.0755. The Balaban J connectivity index is 2.43. The molecule has 0 spiro atoms. The molecule has 1 rings (SSSR count). The number of ketones is 1. The molecule has 0 bridgehead atoms. The van der Waals surface area contributed by atoms with Crippen molar-refractivity contribution in [1.29, 1.82) is 0 Å². The van der Waals surface area contributed by atoms with Gasteiger partial charge in [0.05, 0.1) is 13.2 Å². The smallest absolute Gasteiger partial charge is 0.176 e. The molecule has 0 saturated heterocycles. The number of hydrogen-bond donors (Lipinski definition) is 0. The van der Waals surface area contributed by atoms with Crippen molar-refractivity contribution in [3.8, 4) is 0 Å². The van der Waals surface area contributed by atoms with Crippen LogP contribution in [0.2, 0.25) is 5.02 Å². The van der Waals surface area contributed by atoms with Crippen molar-refractivity contribution in [2.24, 2.45) is 0 Å². The number of nitrogens with zero attached hydrogens (tertiary/aromatic N) is 1. The van der Waals surface area contributed by atoms with Crippen LogP contribution in [0.4, 0.5) is 0 Å². The first-order chi connectivity index (χ1) is 8.13. The number of rotatable bonds is 7. The molecule has 0 aromatic heterocycles. The van der Waals surface area contributed by atoms with Crippen LogP contribution >= 0.6 is 11.6 Å². The molecule has 0 fully saturated rings. The van der Waals surface area contributed by atoms with Gasteiger partial charge in [-0.1, -0.05) is 23.7 Å². The number of carbonyl (C=O) groups excluding carboxylic acids is 1. The van der Waals surface area contributed by atoms with Gasteiger partial charge >= 0.3 is 0 Å². The number of halogens is 1. The summed E-state index contributed by atoms with van der Waals surface area (Å²) in [6.07, 6.45) is 0. The average Bonchev–Trinajstić information content (AvgIpc) is 2.29. The van der Waals surface area contributed by atoms with Gasteiger partial charge in [-0.15, -0.1) is 0 Å². The monoisotopic (exact) mass is 255 g/mol. The van der Waals surface area contributed by atoms with Gasteiger partial charge in [-0.25, -0.2) is 0 Å². The Hall–Kier alpha value is -0.900. The van der Waals surface area contributed by atoms with Crippen molar-refractivity contribution in [2.45, 2.75) is 6.92 Å². The minimum absolute atomic E-state index is 0.0755. The van der Waals surface area contributed by atoms with Gasteiger partial charge in [0.1, 0.15) is 0 Å². The first kappa shape index (κ1) is 14.2. The lowest BCUT2D eigenvalue weighted by atomic mass is 10.1. The van der Waals surface area contributed by atoms with E-state index in [2.05, 4.69) is 0 Å². The van der Waals surface area contributed by atoms with Crippen molar-refractivity contribution in [2.75, 3.05) is 33.4 Å². The van der Waals surface area contributed by atoms with Crippen LogP contribution in [-0.2, 0) is 4.74 Å². The number of Topliss-reactive ketones (excluding diaryl/α,β-unsaturated/α-hetero) is 1. The number of carbonyl (C=O) groups is 1. The lowest BCUT2D eigenvalue weighted by Crippen LogP contribution is -2.29. The zero-order valence-corrected chi connectivity index (χ0v) is 11.0. The second kappa shape index (κ2) is 7.43. The van der Waals surface area contributed by atoms with Crippen LogP contribution in [-0.4, -0.2) is 44.0 Å². The maximum atomic E-state index is 11.9. The molecule has 0 saturated carbocycles. The second-order valence-corrected chi connectivity index (χ2v) is 4.30. The summed E-state index contributed by atoms with van der Waals surface area (Å²) < 4.78 is 5.24. The van der Waals surface area contributed by atoms with Crippen LogP contribution in [0.3, 0.4) is 0 Å². The van der Waals surface area contributed by atoms with Gasteiger partial charge < -0.3 is 4.74 Å². The van der Waals surface area contributed by atoms with E-state index in [-0.39, 0.29) is 5.78 Å². The molecule has 0 aliphatic heterocycles. The number of likely N-dealkylation sites (N-methyl/N-ethyl adjacent to an activating group) is 1. The molecule has 0 radical (unpaired) electrons. The molecule has 17 heavy (non-hydrogen) atoms. The third-order valence-electron chi connectivity index (χ3n) is 2.38. The van der Waals surface area contributed by atoms with Crippen molar-refractivity contribution in [3.63, 3.8) is 0 Å². The number of ether oxygens (including phenoxy) is 1. The molecule has 0 aliphatic carbocycles. The molecule has 4 heteroatoms. The van der Waals surface area contributed by atoms with E-state index in [1.54, 1.807) is 24.3 Å². The van der Waals surface area contributed by atoms with E-state index < -0.39 is 0 Å². The third-order valence-corrected chi connectivity index (χ3v) is 2.62. The van der Waals surface area contributed by atoms with E-state index >= 15 is 0 Å². The molecule has 0 N–H and O–H groups in total. The minimum Gasteiger partial charge on any atom is -0.380 e. The fraction of sp³-hybridized carbons (Fsp3) is 0.462. The standard InChI is InChI=1S/C13H18ClNO2/c1-3-17-8-7-15(2)10-13(16)11-5-4-6-12(14)9-11/h4-6,9H,3,7-8,10H2,1-2H3. The highest BCUT2D eigenvalue weighted by molar-refractivity contribution is 6.31.